The molecule has 0 amide bonds. The van der Waals surface area contributed by atoms with Gasteiger partial charge in [0, 0.05) is 17.2 Å². The van der Waals surface area contributed by atoms with Crippen LogP contribution in [0.2, 0.25) is 0 Å². The lowest BCUT2D eigenvalue weighted by atomic mass is 9.75. The number of carbonyl (C=O) groups is 1. The van der Waals surface area contributed by atoms with E-state index >= 15 is 0 Å². The van der Waals surface area contributed by atoms with E-state index in [0.29, 0.717) is 29.4 Å². The predicted molar refractivity (Wildman–Crippen MR) is 92.2 cm³/mol. The van der Waals surface area contributed by atoms with Gasteiger partial charge in [0.05, 0.1) is 12.8 Å². The van der Waals surface area contributed by atoms with E-state index < -0.39 is 5.92 Å². The number of H-pyrrole nitrogens is 1. The van der Waals surface area contributed by atoms with Crippen LogP contribution in [-0.4, -0.2) is 38.8 Å². The van der Waals surface area contributed by atoms with Crippen LogP contribution in [-0.2, 0) is 9.53 Å². The van der Waals surface area contributed by atoms with Gasteiger partial charge in [-0.2, -0.15) is 5.10 Å². The quantitative estimate of drug-likeness (QED) is 0.724. The zero-order valence-corrected chi connectivity index (χ0v) is 14.2. The molecule has 1 aliphatic heterocycles. The number of hydrogen-bond acceptors (Lipinski definition) is 7. The summed E-state index contributed by atoms with van der Waals surface area (Å²) in [4.78, 5) is 17.7. The van der Waals surface area contributed by atoms with Crippen molar-refractivity contribution in [1.29, 1.82) is 0 Å². The van der Waals surface area contributed by atoms with Crippen molar-refractivity contribution in [2.75, 3.05) is 6.61 Å². The number of ether oxygens (including phenoxy) is 1. The van der Waals surface area contributed by atoms with Gasteiger partial charge < -0.3 is 4.74 Å². The molecule has 0 spiro atoms. The summed E-state index contributed by atoms with van der Waals surface area (Å²) in [7, 11) is 0. The van der Waals surface area contributed by atoms with E-state index in [0.717, 1.165) is 29.7 Å². The smallest absolute Gasteiger partial charge is 0.315 e. The van der Waals surface area contributed by atoms with Gasteiger partial charge in [-0.1, -0.05) is 12.1 Å². The van der Waals surface area contributed by atoms with Crippen LogP contribution in [0.1, 0.15) is 36.8 Å². The van der Waals surface area contributed by atoms with Crippen molar-refractivity contribution in [3.63, 3.8) is 0 Å². The molecule has 1 fully saturated rings. The number of carbonyl (C=O) groups excluding carboxylic acids is 1. The summed E-state index contributed by atoms with van der Waals surface area (Å²) in [5.41, 5.74) is 3.92. The zero-order valence-electron chi connectivity index (χ0n) is 14.2. The Labute approximate surface area is 148 Å². The first-order valence-electron chi connectivity index (χ1n) is 8.77. The second-order valence-corrected chi connectivity index (χ2v) is 6.67. The highest BCUT2D eigenvalue weighted by Crippen LogP contribution is 2.48. The highest BCUT2D eigenvalue weighted by atomic mass is 16.6. The minimum atomic E-state index is -0.491. The fourth-order valence-corrected chi connectivity index (χ4v) is 3.79. The number of aromatic amines is 1. The Hall–Kier alpha value is -3.03. The molecule has 2 atom stereocenters. The third-order valence-electron chi connectivity index (χ3n) is 5.06. The van der Waals surface area contributed by atoms with Gasteiger partial charge in [-0.05, 0) is 47.6 Å². The molecule has 0 bridgehead atoms. The average Bonchev–Trinajstić information content (AvgIpc) is 3.19. The van der Waals surface area contributed by atoms with Crippen molar-refractivity contribution in [2.24, 2.45) is 16.8 Å². The third kappa shape index (κ3) is 2.25. The van der Waals surface area contributed by atoms with E-state index in [-0.39, 0.29) is 11.9 Å². The lowest BCUT2D eigenvalue weighted by Crippen LogP contribution is -2.35. The number of fused-ring (bicyclic) bond motifs is 2. The van der Waals surface area contributed by atoms with E-state index in [1.165, 1.54) is 0 Å². The molecule has 2 unspecified atom stereocenters. The van der Waals surface area contributed by atoms with Crippen LogP contribution in [0.25, 0.3) is 11.0 Å². The Bertz CT molecular complexity index is 1020. The molecule has 2 aliphatic rings. The van der Waals surface area contributed by atoms with Crippen LogP contribution >= 0.6 is 0 Å². The van der Waals surface area contributed by atoms with Crippen LogP contribution in [0, 0.1) is 11.8 Å². The fourth-order valence-electron chi connectivity index (χ4n) is 3.79. The topological polar surface area (TPSA) is 106 Å². The minimum Gasteiger partial charge on any atom is -0.465 e. The maximum absolute atomic E-state index is 12.9. The van der Waals surface area contributed by atoms with Crippen LogP contribution in [0.3, 0.4) is 0 Å². The Balaban J connectivity index is 1.73. The molecular weight excluding hydrogens is 334 g/mol. The normalized spacial score (nSPS) is 22.1. The maximum Gasteiger partial charge on any atom is 0.315 e. The number of hydrogen-bond donors (Lipinski definition) is 1. The second kappa shape index (κ2) is 5.76. The molecule has 0 saturated heterocycles. The lowest BCUT2D eigenvalue weighted by Gasteiger charge is -2.30. The van der Waals surface area contributed by atoms with Crippen molar-refractivity contribution in [3.8, 4) is 0 Å². The second-order valence-electron chi connectivity index (χ2n) is 6.67. The van der Waals surface area contributed by atoms with Crippen LogP contribution in [0.4, 0.5) is 5.82 Å². The lowest BCUT2D eigenvalue weighted by molar-refractivity contribution is -0.146. The molecule has 5 rings (SSSR count). The van der Waals surface area contributed by atoms with E-state index in [2.05, 4.69) is 20.5 Å². The molecule has 8 heteroatoms. The molecule has 0 radical (unpaired) electrons. The van der Waals surface area contributed by atoms with Crippen LogP contribution < -0.4 is 0 Å². The Morgan fingerprint density at radius 3 is 3.00 bits per heavy atom. The zero-order chi connectivity index (χ0) is 17.7. The number of nitrogens with one attached hydrogen (secondary N) is 1. The summed E-state index contributed by atoms with van der Waals surface area (Å²) in [5.74, 6) is -0.0197. The molecule has 1 aromatic carbocycles. The largest absolute Gasteiger partial charge is 0.465 e. The van der Waals surface area contributed by atoms with Gasteiger partial charge in [0.2, 0.25) is 0 Å². The highest BCUT2D eigenvalue weighted by Gasteiger charge is 2.47. The van der Waals surface area contributed by atoms with Crippen molar-refractivity contribution in [1.82, 2.24) is 20.5 Å². The molecule has 2 aromatic heterocycles. The molecule has 3 heterocycles. The molecule has 132 valence electrons. The monoisotopic (exact) mass is 351 g/mol. The predicted octanol–water partition coefficient (Wildman–Crippen LogP) is 2.75. The van der Waals surface area contributed by atoms with Gasteiger partial charge in [-0.15, -0.1) is 0 Å². The SMILES string of the molecule is CCOC(=O)C1C(C2CC2)=Nc2[nH]ncc2C1c1cccc2nonc12. The Morgan fingerprint density at radius 2 is 2.19 bits per heavy atom. The van der Waals surface area contributed by atoms with Crippen molar-refractivity contribution in [3.05, 3.63) is 35.5 Å². The van der Waals surface area contributed by atoms with Gasteiger partial charge in [-0.3, -0.25) is 9.89 Å². The van der Waals surface area contributed by atoms with Crippen LogP contribution in [0.5, 0.6) is 0 Å². The van der Waals surface area contributed by atoms with Crippen LogP contribution in [0.15, 0.2) is 34.0 Å². The van der Waals surface area contributed by atoms with Gasteiger partial charge in [-0.25, -0.2) is 9.62 Å². The maximum atomic E-state index is 12.9. The molecule has 1 saturated carbocycles. The van der Waals surface area contributed by atoms with E-state index in [4.69, 9.17) is 14.4 Å². The van der Waals surface area contributed by atoms with Crippen molar-refractivity contribution >= 4 is 28.5 Å². The summed E-state index contributed by atoms with van der Waals surface area (Å²) in [6, 6.07) is 5.69. The number of nitrogens with zero attached hydrogens (tertiary/aromatic N) is 4. The van der Waals surface area contributed by atoms with Gasteiger partial charge >= 0.3 is 5.97 Å². The summed E-state index contributed by atoms with van der Waals surface area (Å²) in [6.45, 7) is 2.14. The molecule has 3 aromatic rings. The Kier molecular flexibility index (Phi) is 3.37. The van der Waals surface area contributed by atoms with Crippen molar-refractivity contribution in [2.45, 2.75) is 25.7 Å². The molecule has 1 aliphatic carbocycles. The first-order valence-corrected chi connectivity index (χ1v) is 8.77. The molecular formula is C18H17N5O3. The van der Waals surface area contributed by atoms with Gasteiger partial charge in [0.1, 0.15) is 17.0 Å². The first kappa shape index (κ1) is 15.2. The molecule has 8 nitrogen and oxygen atoms in total. The summed E-state index contributed by atoms with van der Waals surface area (Å²) in [6.07, 6.45) is 3.81. The summed E-state index contributed by atoms with van der Waals surface area (Å²) >= 11 is 0. The summed E-state index contributed by atoms with van der Waals surface area (Å²) < 4.78 is 10.3. The number of esters is 1. The number of aliphatic imine (C=N–C) groups is 1. The average molecular weight is 351 g/mol. The molecule has 1 N–H and O–H groups in total. The standard InChI is InChI=1S/C18H17N5O3/c1-2-25-18(24)14-13(10-4-3-5-12-16(10)23-26-22-12)11-8-19-21-17(11)20-15(14)9-6-7-9/h3-5,8-9,13-14H,2,6-7H2,1H3,(H,19,21). The fraction of sp³-hybridized carbons (Fsp3) is 0.389. The number of benzene rings is 1. The summed E-state index contributed by atoms with van der Waals surface area (Å²) in [5, 5.41) is 15.1. The van der Waals surface area contributed by atoms with Crippen molar-refractivity contribution < 1.29 is 14.2 Å². The highest BCUT2D eigenvalue weighted by molar-refractivity contribution is 6.08. The van der Waals surface area contributed by atoms with E-state index in [1.807, 2.05) is 25.1 Å². The number of aromatic nitrogens is 4. The Morgan fingerprint density at radius 1 is 1.31 bits per heavy atom. The van der Waals surface area contributed by atoms with E-state index in [1.54, 1.807) is 6.20 Å². The first-order chi connectivity index (χ1) is 12.8. The third-order valence-corrected chi connectivity index (χ3v) is 5.06. The number of rotatable bonds is 4. The van der Waals surface area contributed by atoms with Gasteiger partial charge in [0.15, 0.2) is 5.82 Å². The van der Waals surface area contributed by atoms with Gasteiger partial charge in [0.25, 0.3) is 0 Å². The molecule has 26 heavy (non-hydrogen) atoms. The minimum absolute atomic E-state index is 0.261. The van der Waals surface area contributed by atoms with E-state index in [9.17, 15) is 4.79 Å².